The second-order valence-electron chi connectivity index (χ2n) is 6.40. The number of nitrogens with two attached hydrogens (primary N) is 1. The highest BCUT2D eigenvalue weighted by molar-refractivity contribution is 7.81. The smallest absolute Gasteiger partial charge is 0.132 e. The Morgan fingerprint density at radius 2 is 2.13 bits per heavy atom. The molecule has 2 aliphatic rings. The lowest BCUT2D eigenvalue weighted by molar-refractivity contribution is 0.203. The summed E-state index contributed by atoms with van der Waals surface area (Å²) in [6.45, 7) is 6.60. The Bertz CT molecular complexity index is 713. The zero-order valence-corrected chi connectivity index (χ0v) is 14.6. The van der Waals surface area contributed by atoms with Crippen LogP contribution in [0.5, 0.6) is 0 Å². The Morgan fingerprint density at radius 1 is 1.30 bits per heavy atom. The normalized spacial score (nSPS) is 19.0. The van der Waals surface area contributed by atoms with Gasteiger partial charge in [-0.15, -0.1) is 0 Å². The van der Waals surface area contributed by atoms with Gasteiger partial charge >= 0.3 is 0 Å². The van der Waals surface area contributed by atoms with Crippen LogP contribution in [0.3, 0.4) is 0 Å². The summed E-state index contributed by atoms with van der Waals surface area (Å²) in [6, 6.07) is 6.97. The zero-order valence-electron chi connectivity index (χ0n) is 13.7. The molecule has 0 radical (unpaired) electrons. The predicted octanol–water partition coefficient (Wildman–Crippen LogP) is 3.70. The van der Waals surface area contributed by atoms with Crippen molar-refractivity contribution < 1.29 is 0 Å². The Kier molecular flexibility index (Phi) is 4.74. The fourth-order valence-electron chi connectivity index (χ4n) is 3.05. The number of benzene rings is 1. The molecule has 3 nitrogen and oxygen atoms in total. The van der Waals surface area contributed by atoms with Crippen LogP contribution in [0.1, 0.15) is 31.4 Å². The number of fused-ring (bicyclic) bond motifs is 1. The van der Waals surface area contributed by atoms with Gasteiger partial charge in [0.2, 0.25) is 0 Å². The van der Waals surface area contributed by atoms with Crippen LogP contribution in [0.4, 0.5) is 5.69 Å². The summed E-state index contributed by atoms with van der Waals surface area (Å²) >= 11 is 5.37. The van der Waals surface area contributed by atoms with Crippen LogP contribution in [-0.2, 0) is 13.0 Å². The average molecular weight is 325 g/mol. The van der Waals surface area contributed by atoms with Gasteiger partial charge in [-0.25, -0.2) is 4.99 Å². The Balaban J connectivity index is 1.86. The minimum atomic E-state index is 0.510. The molecule has 0 saturated heterocycles. The first-order chi connectivity index (χ1) is 11.0. The average Bonchev–Trinajstić information content (AvgIpc) is 2.54. The highest BCUT2D eigenvalue weighted by atomic mass is 32.1. The maximum atomic E-state index is 6.17. The van der Waals surface area contributed by atoms with Crippen LogP contribution < -0.4 is 5.73 Å². The number of allylic oxidation sites excluding steroid dienone is 3. The van der Waals surface area contributed by atoms with Gasteiger partial charge in [-0.3, -0.25) is 4.90 Å². The number of rotatable bonds is 3. The first kappa shape index (κ1) is 16.1. The summed E-state index contributed by atoms with van der Waals surface area (Å²) in [5.41, 5.74) is 10.7. The molecule has 23 heavy (non-hydrogen) atoms. The van der Waals surface area contributed by atoms with Gasteiger partial charge in [0.15, 0.2) is 0 Å². The highest BCUT2D eigenvalue weighted by Gasteiger charge is 2.18. The predicted molar refractivity (Wildman–Crippen MR) is 101 cm³/mol. The van der Waals surface area contributed by atoms with E-state index in [4.69, 9.17) is 18.0 Å². The molecular weight excluding hydrogens is 302 g/mol. The Morgan fingerprint density at radius 3 is 2.87 bits per heavy atom. The third-order valence-corrected chi connectivity index (χ3v) is 4.88. The van der Waals surface area contributed by atoms with E-state index in [1.54, 1.807) is 0 Å². The molecule has 1 aromatic carbocycles. The first-order valence-corrected chi connectivity index (χ1v) is 8.56. The van der Waals surface area contributed by atoms with E-state index in [1.807, 2.05) is 18.2 Å². The van der Waals surface area contributed by atoms with Crippen molar-refractivity contribution in [2.75, 3.05) is 6.54 Å². The third kappa shape index (κ3) is 3.59. The molecule has 1 heterocycles. The number of thiocarbonyl (C=S) groups is 1. The summed E-state index contributed by atoms with van der Waals surface area (Å²) in [7, 11) is 0. The van der Waals surface area contributed by atoms with Gasteiger partial charge < -0.3 is 5.73 Å². The van der Waals surface area contributed by atoms with Crippen molar-refractivity contribution in [2.45, 2.75) is 39.3 Å². The molecule has 0 spiro atoms. The molecule has 0 amide bonds. The summed E-state index contributed by atoms with van der Waals surface area (Å²) in [6.07, 6.45) is 7.85. The Labute approximate surface area is 143 Å². The molecule has 120 valence electrons. The van der Waals surface area contributed by atoms with Gasteiger partial charge in [0, 0.05) is 36.0 Å². The molecule has 1 aliphatic heterocycles. The fraction of sp³-hybridized carbons (Fsp3) is 0.368. The summed E-state index contributed by atoms with van der Waals surface area (Å²) in [4.78, 5) is 7.95. The molecule has 0 bridgehead atoms. The van der Waals surface area contributed by atoms with Crippen molar-refractivity contribution in [3.8, 4) is 0 Å². The maximum absolute atomic E-state index is 6.17. The van der Waals surface area contributed by atoms with E-state index in [9.17, 15) is 0 Å². The lowest BCUT2D eigenvalue weighted by atomic mass is 9.98. The first-order valence-electron chi connectivity index (χ1n) is 8.15. The van der Waals surface area contributed by atoms with E-state index in [1.165, 1.54) is 11.1 Å². The fourth-order valence-corrected chi connectivity index (χ4v) is 3.31. The minimum Gasteiger partial charge on any atom is -0.383 e. The van der Waals surface area contributed by atoms with Crippen LogP contribution in [0.25, 0.3) is 0 Å². The lowest BCUT2D eigenvalue weighted by Crippen LogP contribution is -2.35. The number of nitrogens with zero attached hydrogens (tertiary/aromatic N) is 2. The molecule has 1 aromatic rings. The molecule has 0 unspecified atom stereocenters. The Hall–Kier alpha value is -1.78. The van der Waals surface area contributed by atoms with Crippen molar-refractivity contribution in [3.05, 3.63) is 53.1 Å². The molecule has 0 aromatic heterocycles. The van der Waals surface area contributed by atoms with Crippen molar-refractivity contribution >= 4 is 28.6 Å². The molecule has 1 aliphatic carbocycles. The summed E-state index contributed by atoms with van der Waals surface area (Å²) < 4.78 is 0. The molecule has 2 N–H and O–H groups in total. The van der Waals surface area contributed by atoms with Crippen LogP contribution in [-0.4, -0.2) is 28.2 Å². The summed E-state index contributed by atoms with van der Waals surface area (Å²) in [5, 5.41) is 0. The molecule has 0 saturated carbocycles. The maximum Gasteiger partial charge on any atom is 0.132 e. The standard InChI is InChI=1S/C19H23N3S/c1-13(2)22-10-9-14-7-8-16(11-15(14)12-22)21-19(20)17-5-3-4-6-18(17)23/h3-5,7-8,11,13H,6,9-10,12H2,1-2H3,(H2,20,21). The zero-order chi connectivity index (χ0) is 16.4. The van der Waals surface area contributed by atoms with Gasteiger partial charge in [0.25, 0.3) is 0 Å². The van der Waals surface area contributed by atoms with Crippen molar-refractivity contribution in [3.63, 3.8) is 0 Å². The minimum absolute atomic E-state index is 0.510. The SMILES string of the molecule is CC(C)N1CCc2ccc(N=C(N)C3=CC=CCC3=S)cc2C1. The summed E-state index contributed by atoms with van der Waals surface area (Å²) in [5.74, 6) is 0.510. The van der Waals surface area contributed by atoms with Gasteiger partial charge in [-0.1, -0.05) is 36.5 Å². The van der Waals surface area contributed by atoms with E-state index < -0.39 is 0 Å². The van der Waals surface area contributed by atoms with E-state index in [-0.39, 0.29) is 0 Å². The molecule has 0 fully saturated rings. The van der Waals surface area contributed by atoms with Gasteiger partial charge in [-0.05, 0) is 43.5 Å². The quantitative estimate of drug-likeness (QED) is 0.523. The van der Waals surface area contributed by atoms with Crippen molar-refractivity contribution in [1.82, 2.24) is 4.90 Å². The third-order valence-electron chi connectivity index (χ3n) is 4.49. The van der Waals surface area contributed by atoms with Crippen LogP contribution in [0.15, 0.2) is 47.0 Å². The number of hydrogen-bond acceptors (Lipinski definition) is 3. The van der Waals surface area contributed by atoms with Gasteiger partial charge in [0.05, 0.1) is 5.69 Å². The molecular formula is C19H23N3S. The van der Waals surface area contributed by atoms with Gasteiger partial charge in [-0.2, -0.15) is 0 Å². The van der Waals surface area contributed by atoms with E-state index in [0.717, 1.165) is 42.1 Å². The van der Waals surface area contributed by atoms with Crippen LogP contribution >= 0.6 is 12.2 Å². The van der Waals surface area contributed by atoms with E-state index in [0.29, 0.717) is 11.9 Å². The van der Waals surface area contributed by atoms with Crippen LogP contribution in [0, 0.1) is 0 Å². The number of aliphatic imine (C=N–C) groups is 1. The van der Waals surface area contributed by atoms with Crippen molar-refractivity contribution in [1.29, 1.82) is 0 Å². The topological polar surface area (TPSA) is 41.6 Å². The molecule has 3 rings (SSSR count). The van der Waals surface area contributed by atoms with E-state index >= 15 is 0 Å². The highest BCUT2D eigenvalue weighted by Crippen LogP contribution is 2.25. The molecule has 4 heteroatoms. The number of hydrogen-bond donors (Lipinski definition) is 1. The number of amidine groups is 1. The second-order valence-corrected chi connectivity index (χ2v) is 6.89. The molecule has 0 atom stereocenters. The van der Waals surface area contributed by atoms with Crippen molar-refractivity contribution in [2.24, 2.45) is 10.7 Å². The van der Waals surface area contributed by atoms with Crippen LogP contribution in [0.2, 0.25) is 0 Å². The lowest BCUT2D eigenvalue weighted by Gasteiger charge is -2.32. The monoisotopic (exact) mass is 325 g/mol. The largest absolute Gasteiger partial charge is 0.383 e. The van der Waals surface area contributed by atoms with Gasteiger partial charge in [0.1, 0.15) is 5.84 Å². The van der Waals surface area contributed by atoms with E-state index in [2.05, 4.69) is 41.9 Å². The second kappa shape index (κ2) is 6.77.